The maximum atomic E-state index is 12.8. The molecule has 0 aliphatic rings. The molecule has 1 aromatic rings. The van der Waals surface area contributed by atoms with Gasteiger partial charge in [0, 0.05) is 13.1 Å². The molecule has 0 fully saturated rings. The van der Waals surface area contributed by atoms with E-state index in [9.17, 15) is 13.6 Å². The zero-order valence-corrected chi connectivity index (χ0v) is 11.6. The second-order valence-electron chi connectivity index (χ2n) is 5.05. The lowest BCUT2D eigenvalue weighted by molar-refractivity contribution is 0.0366. The molecular formula is C14H17F2N3O. The Balaban J connectivity index is 2.91. The normalized spacial score (nSPS) is 11.6. The van der Waals surface area contributed by atoms with Crippen molar-refractivity contribution in [3.63, 3.8) is 0 Å². The average Bonchev–Trinajstić information content (AvgIpc) is 2.35. The van der Waals surface area contributed by atoms with Gasteiger partial charge in [0.2, 0.25) is 0 Å². The van der Waals surface area contributed by atoms with Gasteiger partial charge in [-0.15, -0.1) is 6.42 Å². The molecule has 0 atom stereocenters. The summed E-state index contributed by atoms with van der Waals surface area (Å²) < 4.78 is 25.7. The molecule has 0 aliphatic heterocycles. The van der Waals surface area contributed by atoms with E-state index in [0.29, 0.717) is 0 Å². The molecule has 1 heterocycles. The van der Waals surface area contributed by atoms with Crippen LogP contribution in [-0.2, 0) is 0 Å². The van der Waals surface area contributed by atoms with E-state index in [1.807, 2.05) is 0 Å². The minimum atomic E-state index is -2.90. The van der Waals surface area contributed by atoms with Gasteiger partial charge in [0.25, 0.3) is 11.8 Å². The summed E-state index contributed by atoms with van der Waals surface area (Å²) in [4.78, 5) is 16.0. The quantitative estimate of drug-likeness (QED) is 0.814. The summed E-state index contributed by atoms with van der Waals surface area (Å²) in [5.41, 5.74) is -0.668. The Hall–Kier alpha value is -2.16. The van der Waals surface area contributed by atoms with Gasteiger partial charge in [0.15, 0.2) is 0 Å². The SMILES string of the molecule is C#CC(C)(C)NC(=O)c1cccnc1NCC(C)(F)F. The lowest BCUT2D eigenvalue weighted by Crippen LogP contribution is -2.42. The van der Waals surface area contributed by atoms with Gasteiger partial charge in [-0.3, -0.25) is 4.79 Å². The van der Waals surface area contributed by atoms with Gasteiger partial charge < -0.3 is 10.6 Å². The molecule has 0 bridgehead atoms. The Morgan fingerprint density at radius 2 is 2.10 bits per heavy atom. The fourth-order valence-corrected chi connectivity index (χ4v) is 1.36. The summed E-state index contributed by atoms with van der Waals surface area (Å²) in [5.74, 6) is -0.847. The molecule has 1 rings (SSSR count). The number of hydrogen-bond donors (Lipinski definition) is 2. The minimum absolute atomic E-state index is 0.0966. The number of pyridine rings is 1. The van der Waals surface area contributed by atoms with Gasteiger partial charge in [-0.25, -0.2) is 13.8 Å². The number of nitrogens with zero attached hydrogens (tertiary/aromatic N) is 1. The minimum Gasteiger partial charge on any atom is -0.363 e. The molecule has 1 amide bonds. The van der Waals surface area contributed by atoms with E-state index in [4.69, 9.17) is 6.42 Å². The largest absolute Gasteiger partial charge is 0.363 e. The monoisotopic (exact) mass is 281 g/mol. The molecule has 4 nitrogen and oxygen atoms in total. The number of aromatic nitrogens is 1. The lowest BCUT2D eigenvalue weighted by atomic mass is 10.1. The Kier molecular flexibility index (Phi) is 4.66. The van der Waals surface area contributed by atoms with Crippen LogP contribution in [0.2, 0.25) is 0 Å². The molecule has 1 aromatic heterocycles. The van der Waals surface area contributed by atoms with E-state index in [2.05, 4.69) is 21.5 Å². The van der Waals surface area contributed by atoms with Crippen LogP contribution in [0.1, 0.15) is 31.1 Å². The topological polar surface area (TPSA) is 54.0 Å². The first-order chi connectivity index (χ1) is 9.14. The standard InChI is InChI=1S/C14H17F2N3O/c1-5-13(2,3)19-12(20)10-7-6-8-17-11(10)18-9-14(4,15)16/h1,6-8H,9H2,2-4H3,(H,17,18)(H,19,20). The van der Waals surface area contributed by atoms with Crippen LogP contribution in [0.4, 0.5) is 14.6 Å². The molecule has 0 spiro atoms. The fourth-order valence-electron chi connectivity index (χ4n) is 1.36. The van der Waals surface area contributed by atoms with Crippen LogP contribution in [0.5, 0.6) is 0 Å². The highest BCUT2D eigenvalue weighted by atomic mass is 19.3. The maximum Gasteiger partial charge on any atom is 0.262 e. The second kappa shape index (κ2) is 5.87. The van der Waals surface area contributed by atoms with Crippen LogP contribution in [0, 0.1) is 12.3 Å². The summed E-state index contributed by atoms with van der Waals surface area (Å²) in [6.45, 7) is 3.50. The van der Waals surface area contributed by atoms with Crippen LogP contribution < -0.4 is 10.6 Å². The Morgan fingerprint density at radius 3 is 2.65 bits per heavy atom. The predicted octanol–water partition coefficient (Wildman–Crippen LogP) is 2.29. The van der Waals surface area contributed by atoms with Gasteiger partial charge in [0.05, 0.1) is 17.6 Å². The second-order valence-corrected chi connectivity index (χ2v) is 5.05. The number of carbonyl (C=O) groups is 1. The zero-order valence-electron chi connectivity index (χ0n) is 11.6. The van der Waals surface area contributed by atoms with Gasteiger partial charge in [0.1, 0.15) is 5.82 Å². The van der Waals surface area contributed by atoms with E-state index in [1.54, 1.807) is 19.9 Å². The van der Waals surface area contributed by atoms with E-state index < -0.39 is 23.9 Å². The average molecular weight is 281 g/mol. The number of carbonyl (C=O) groups excluding carboxylic acids is 1. The molecule has 0 radical (unpaired) electrons. The lowest BCUT2D eigenvalue weighted by Gasteiger charge is -2.21. The number of halogens is 2. The third-order valence-electron chi connectivity index (χ3n) is 2.41. The van der Waals surface area contributed by atoms with Gasteiger partial charge in [-0.2, -0.15) is 0 Å². The van der Waals surface area contributed by atoms with Gasteiger partial charge >= 0.3 is 0 Å². The van der Waals surface area contributed by atoms with E-state index in [1.165, 1.54) is 12.3 Å². The maximum absolute atomic E-state index is 12.8. The molecule has 0 aromatic carbocycles. The first kappa shape index (κ1) is 15.9. The van der Waals surface area contributed by atoms with Crippen molar-refractivity contribution in [2.45, 2.75) is 32.2 Å². The number of nitrogens with one attached hydrogen (secondary N) is 2. The highest BCUT2D eigenvalue weighted by Crippen LogP contribution is 2.17. The van der Waals surface area contributed by atoms with Crippen molar-refractivity contribution in [2.75, 3.05) is 11.9 Å². The van der Waals surface area contributed by atoms with Crippen molar-refractivity contribution in [1.29, 1.82) is 0 Å². The number of anilines is 1. The molecule has 20 heavy (non-hydrogen) atoms. The van der Waals surface area contributed by atoms with Crippen molar-refractivity contribution < 1.29 is 13.6 Å². The Bertz CT molecular complexity index is 530. The third kappa shape index (κ3) is 4.84. The number of amides is 1. The summed E-state index contributed by atoms with van der Waals surface area (Å²) in [5, 5.41) is 5.08. The highest BCUT2D eigenvalue weighted by Gasteiger charge is 2.24. The van der Waals surface area contributed by atoms with Crippen molar-refractivity contribution in [3.8, 4) is 12.3 Å². The van der Waals surface area contributed by atoms with E-state index in [0.717, 1.165) is 6.92 Å². The zero-order chi connectivity index (χ0) is 15.4. The van der Waals surface area contributed by atoms with E-state index in [-0.39, 0.29) is 11.4 Å². The first-order valence-corrected chi connectivity index (χ1v) is 6.02. The number of hydrogen-bond acceptors (Lipinski definition) is 3. The summed E-state index contributed by atoms with van der Waals surface area (Å²) in [6.07, 6.45) is 6.71. The van der Waals surface area contributed by atoms with Crippen molar-refractivity contribution in [2.24, 2.45) is 0 Å². The molecule has 0 saturated heterocycles. The van der Waals surface area contributed by atoms with Crippen LogP contribution in [0.3, 0.4) is 0 Å². The fraction of sp³-hybridized carbons (Fsp3) is 0.429. The molecule has 0 unspecified atom stereocenters. The molecule has 0 aliphatic carbocycles. The summed E-state index contributed by atoms with van der Waals surface area (Å²) >= 11 is 0. The van der Waals surface area contributed by atoms with E-state index >= 15 is 0 Å². The van der Waals surface area contributed by atoms with Crippen LogP contribution in [0.25, 0.3) is 0 Å². The number of alkyl halides is 2. The van der Waals surface area contributed by atoms with Crippen molar-refractivity contribution in [1.82, 2.24) is 10.3 Å². The van der Waals surface area contributed by atoms with Gasteiger partial charge in [-0.1, -0.05) is 5.92 Å². The molecule has 108 valence electrons. The summed E-state index contributed by atoms with van der Waals surface area (Å²) in [7, 11) is 0. The van der Waals surface area contributed by atoms with Gasteiger partial charge in [-0.05, 0) is 26.0 Å². The number of rotatable bonds is 5. The third-order valence-corrected chi connectivity index (χ3v) is 2.41. The molecular weight excluding hydrogens is 264 g/mol. The van der Waals surface area contributed by atoms with Crippen LogP contribution in [0.15, 0.2) is 18.3 Å². The number of terminal acetylenes is 1. The van der Waals surface area contributed by atoms with Crippen molar-refractivity contribution >= 4 is 11.7 Å². The molecule has 6 heteroatoms. The van der Waals surface area contributed by atoms with Crippen LogP contribution >= 0.6 is 0 Å². The smallest absolute Gasteiger partial charge is 0.262 e. The molecule has 0 saturated carbocycles. The van der Waals surface area contributed by atoms with Crippen molar-refractivity contribution in [3.05, 3.63) is 23.9 Å². The Morgan fingerprint density at radius 1 is 1.45 bits per heavy atom. The first-order valence-electron chi connectivity index (χ1n) is 6.02. The van der Waals surface area contributed by atoms with Crippen LogP contribution in [-0.4, -0.2) is 28.9 Å². The Labute approximate surface area is 117 Å². The predicted molar refractivity (Wildman–Crippen MR) is 73.7 cm³/mol. The highest BCUT2D eigenvalue weighted by molar-refractivity contribution is 5.99. The molecule has 2 N–H and O–H groups in total. The summed E-state index contributed by atoms with van der Waals surface area (Å²) in [6, 6.07) is 3.04.